The van der Waals surface area contributed by atoms with E-state index >= 15 is 0 Å². The number of carbonyl (C=O) groups excluding carboxylic acids is 10. The molecule has 86 heavy (non-hydrogen) atoms. The molecule has 0 radical (unpaired) electrons. The van der Waals surface area contributed by atoms with E-state index in [9.17, 15) is 103 Å². The highest BCUT2D eigenvalue weighted by molar-refractivity contribution is 6.31. The van der Waals surface area contributed by atoms with Crippen molar-refractivity contribution >= 4 is 76.6 Å². The minimum absolute atomic E-state index is 0.0457. The van der Waals surface area contributed by atoms with Gasteiger partial charge < -0.3 is 81.6 Å². The Kier molecular flexibility index (Phi) is 22.0. The second-order valence-corrected chi connectivity index (χ2v) is 21.5. The van der Waals surface area contributed by atoms with Crippen LogP contribution in [0.1, 0.15) is 140 Å². The fourth-order valence-corrected chi connectivity index (χ4v) is 10.6. The number of carbonyl (C=O) groups is 13. The number of ketones is 3. The number of carboxylic acid groups (broad SMARTS) is 3. The molecule has 0 spiro atoms. The van der Waals surface area contributed by atoms with E-state index in [1.54, 1.807) is 0 Å². The lowest BCUT2D eigenvalue weighted by Gasteiger charge is -2.43. The molecule has 10 atom stereocenters. The lowest BCUT2D eigenvalue weighted by molar-refractivity contribution is -0.249. The Balaban J connectivity index is 1.16. The summed E-state index contributed by atoms with van der Waals surface area (Å²) in [5.74, 6) is -16.5. The molecule has 0 unspecified atom stereocenters. The molecular formula is C56H68N6O24. The number of phenolic OH excluding ortho intramolecular Hbond substituents is 2. The first-order valence-electron chi connectivity index (χ1n) is 27.4. The van der Waals surface area contributed by atoms with Crippen molar-refractivity contribution in [2.75, 3.05) is 20.3 Å². The third-order valence-electron chi connectivity index (χ3n) is 15.1. The van der Waals surface area contributed by atoms with Crippen LogP contribution < -0.4 is 31.3 Å². The highest BCUT2D eigenvalue weighted by Crippen LogP contribution is 2.52. The Hall–Kier alpha value is -8.71. The number of nitrogens with one attached hydrogen (secondary N) is 5. The van der Waals surface area contributed by atoms with Gasteiger partial charge in [-0.2, -0.15) is 0 Å². The number of unbranched alkanes of at least 4 members (excludes halogenated alkanes) is 2. The fourth-order valence-electron chi connectivity index (χ4n) is 10.6. The summed E-state index contributed by atoms with van der Waals surface area (Å²) in [4.78, 5) is 170. The molecule has 4 aliphatic rings. The quantitative estimate of drug-likeness (QED) is 0.0212. The summed E-state index contributed by atoms with van der Waals surface area (Å²) in [5.41, 5.74) is -5.10. The Morgan fingerprint density at radius 2 is 1.35 bits per heavy atom. The summed E-state index contributed by atoms with van der Waals surface area (Å²) >= 11 is 0. The van der Waals surface area contributed by atoms with Gasteiger partial charge in [0.2, 0.25) is 35.3 Å². The van der Waals surface area contributed by atoms with Crippen LogP contribution in [0.2, 0.25) is 0 Å². The number of aliphatic carboxylic acids is 3. The predicted molar refractivity (Wildman–Crippen MR) is 289 cm³/mol. The number of fused-ring (bicyclic) bond motifs is 3. The van der Waals surface area contributed by atoms with Gasteiger partial charge in [-0.3, -0.25) is 67.2 Å². The molecular weight excluding hydrogens is 1140 g/mol. The lowest BCUT2D eigenvalue weighted by atomic mass is 9.72. The van der Waals surface area contributed by atoms with Gasteiger partial charge in [0, 0.05) is 73.9 Å². The smallest absolute Gasteiger partial charge is 0.305 e. The fraction of sp³-hybridized carbons (Fsp3) is 0.518. The van der Waals surface area contributed by atoms with Crippen LogP contribution in [0, 0.1) is 5.92 Å². The molecule has 30 heteroatoms. The summed E-state index contributed by atoms with van der Waals surface area (Å²) < 4.78 is 17.4. The van der Waals surface area contributed by atoms with E-state index in [0.717, 1.165) is 17.1 Å². The topological polar surface area (TPSA) is 475 Å². The monoisotopic (exact) mass is 1210 g/mol. The number of amides is 7. The number of carboxylic acids is 3. The molecule has 1 fully saturated rings. The SMILES string of the molecule is COc1cccc2c1C(=O)c1c(O)c3c(c(O)c1C2=O)C[C@@](O)(C(=O)CO)C[C@@H]3O[C@H]1C[C@H](NC(=O)[C@H](CC(=O)O)NC(=O)[C@@H](NC(=O)[C@H](CCC(=O)O)NC(=O)[C@H](CCC(=O)O)NC(=O)CCCCCN2C(=O)C=CC2=O)C(C)C)[C@H](O)[C@H](C)O1. The molecule has 1 saturated heterocycles. The third-order valence-corrected chi connectivity index (χ3v) is 15.1. The van der Waals surface area contributed by atoms with Gasteiger partial charge in [0.1, 0.15) is 59.7 Å². The number of nitrogens with zero attached hydrogens (tertiary/aromatic N) is 1. The Bertz CT molecular complexity index is 3090. The van der Waals surface area contributed by atoms with Crippen LogP contribution in [0.4, 0.5) is 0 Å². The van der Waals surface area contributed by atoms with Gasteiger partial charge in [0.25, 0.3) is 11.8 Å². The highest BCUT2D eigenvalue weighted by atomic mass is 16.7. The Morgan fingerprint density at radius 1 is 0.744 bits per heavy atom. The van der Waals surface area contributed by atoms with Crippen LogP contribution in [0.3, 0.4) is 0 Å². The number of methoxy groups -OCH3 is 1. The van der Waals surface area contributed by atoms with Crippen molar-refractivity contribution in [3.63, 3.8) is 0 Å². The molecule has 0 saturated carbocycles. The average molecular weight is 1210 g/mol. The maximum Gasteiger partial charge on any atom is 0.305 e. The number of aromatic hydroxyl groups is 2. The maximum atomic E-state index is 14.1. The van der Waals surface area contributed by atoms with Gasteiger partial charge in [-0.25, -0.2) is 0 Å². The number of benzene rings is 2. The number of Topliss-reactive ketones (excluding diaryl/α,β-unsaturated/α-hetero) is 1. The molecule has 0 aromatic heterocycles. The predicted octanol–water partition coefficient (Wildman–Crippen LogP) is -1.56. The van der Waals surface area contributed by atoms with Gasteiger partial charge in [0.15, 0.2) is 17.9 Å². The van der Waals surface area contributed by atoms with Crippen LogP contribution in [-0.2, 0) is 68.6 Å². The zero-order valence-corrected chi connectivity index (χ0v) is 47.1. The number of aliphatic hydroxyl groups excluding tert-OH is 2. The van der Waals surface area contributed by atoms with Gasteiger partial charge in [-0.15, -0.1) is 0 Å². The normalized spacial score (nSPS) is 21.9. The number of ether oxygens (including phenoxy) is 3. The summed E-state index contributed by atoms with van der Waals surface area (Å²) in [6.45, 7) is 3.06. The van der Waals surface area contributed by atoms with Crippen LogP contribution in [0.5, 0.6) is 17.2 Å². The Morgan fingerprint density at radius 3 is 1.94 bits per heavy atom. The van der Waals surface area contributed by atoms with Crippen molar-refractivity contribution in [3.8, 4) is 17.2 Å². The van der Waals surface area contributed by atoms with E-state index in [1.165, 1.54) is 46.1 Å². The van der Waals surface area contributed by atoms with Crippen molar-refractivity contribution < 1.29 is 117 Å². The summed E-state index contributed by atoms with van der Waals surface area (Å²) in [6, 6.07) is -4.31. The van der Waals surface area contributed by atoms with E-state index in [0.29, 0.717) is 12.8 Å². The number of aliphatic hydroxyl groups is 3. The number of hydrogen-bond donors (Lipinski definition) is 13. The summed E-state index contributed by atoms with van der Waals surface area (Å²) in [5, 5.41) is 97.2. The van der Waals surface area contributed by atoms with Crippen molar-refractivity contribution in [2.45, 2.75) is 158 Å². The molecule has 466 valence electrons. The van der Waals surface area contributed by atoms with Crippen molar-refractivity contribution in [1.82, 2.24) is 31.5 Å². The largest absolute Gasteiger partial charge is 0.507 e. The maximum absolute atomic E-state index is 14.1. The van der Waals surface area contributed by atoms with Gasteiger partial charge >= 0.3 is 17.9 Å². The van der Waals surface area contributed by atoms with Gasteiger partial charge in [0.05, 0.1) is 48.5 Å². The van der Waals surface area contributed by atoms with Crippen LogP contribution in [0.15, 0.2) is 30.4 Å². The zero-order chi connectivity index (χ0) is 63.6. The standard InChI is InChI=1S/C56H68N6O24/c1-24(2)46(61-53(80)29(13-17-39(70)71)58-52(79)28(12-16-38(68)69)57-35(65)11-6-5-7-18-62-36(66)14-15-37(62)67)55(82)60-31(19-40(72)73)54(81)59-30-20-41(85-25(3)47(30)74)86-33-22-56(83,34(64)23-63)21-27-43(33)51(78)45-44(49(27)76)48(75)26-9-8-10-32(84-4)42(26)50(45)77/h8-10,14-15,24-25,28-31,33,41,46-47,63,74,76,78,83H,5-7,11-13,16-23H2,1-4H3,(H,57,65)(H,58,79)(H,59,81)(H,60,82)(H,61,80)(H,68,69)(H,70,71)(H,72,73)/t25-,28-,29-,30-,31-,33-,41-,46-,47+,56-/m0/s1. The number of phenols is 2. The molecule has 13 N–H and O–H groups in total. The summed E-state index contributed by atoms with van der Waals surface area (Å²) in [6.07, 6.45) is -8.86. The number of imide groups is 1. The minimum Gasteiger partial charge on any atom is -0.507 e. The molecule has 7 amide bonds. The van der Waals surface area contributed by atoms with Crippen molar-refractivity contribution in [3.05, 3.63) is 63.7 Å². The first-order chi connectivity index (χ1) is 40.5. The van der Waals surface area contributed by atoms with Crippen molar-refractivity contribution in [1.29, 1.82) is 0 Å². The van der Waals surface area contributed by atoms with E-state index in [4.69, 9.17) is 14.2 Å². The molecule has 2 heterocycles. The average Bonchev–Trinajstić information content (AvgIpc) is 0.792. The second-order valence-electron chi connectivity index (χ2n) is 21.5. The van der Waals surface area contributed by atoms with Crippen LogP contribution in [0.25, 0.3) is 0 Å². The molecule has 2 aliphatic heterocycles. The molecule has 6 rings (SSSR count). The van der Waals surface area contributed by atoms with Crippen molar-refractivity contribution in [2.24, 2.45) is 5.92 Å². The summed E-state index contributed by atoms with van der Waals surface area (Å²) in [7, 11) is 1.23. The molecule has 0 bridgehead atoms. The van der Waals surface area contributed by atoms with Crippen LogP contribution >= 0.6 is 0 Å². The molecule has 30 nitrogen and oxygen atoms in total. The van der Waals surface area contributed by atoms with E-state index in [-0.39, 0.29) is 41.8 Å². The van der Waals surface area contributed by atoms with E-state index < -0.39 is 229 Å². The number of hydrogen-bond acceptors (Lipinski definition) is 21. The van der Waals surface area contributed by atoms with Gasteiger partial charge in [-0.1, -0.05) is 32.4 Å². The number of rotatable bonds is 29. The first kappa shape index (κ1) is 66.4. The zero-order valence-electron chi connectivity index (χ0n) is 47.1. The van der Waals surface area contributed by atoms with Gasteiger partial charge in [-0.05, 0) is 44.6 Å². The Labute approximate surface area is 489 Å². The first-order valence-corrected chi connectivity index (χ1v) is 27.4. The van der Waals surface area contributed by atoms with E-state index in [1.807, 2.05) is 0 Å². The molecule has 2 aromatic rings. The minimum atomic E-state index is -2.54. The molecule has 2 aliphatic carbocycles. The third kappa shape index (κ3) is 15.4. The second kappa shape index (κ2) is 28.5. The van der Waals surface area contributed by atoms with Crippen LogP contribution in [-0.4, -0.2) is 197 Å². The highest BCUT2D eigenvalue weighted by Gasteiger charge is 2.51. The lowest BCUT2D eigenvalue weighted by Crippen LogP contribution is -2.61. The molecule has 2 aromatic carbocycles. The van der Waals surface area contributed by atoms with E-state index in [2.05, 4.69) is 26.6 Å².